The molecule has 1 aromatic heterocycles. The third kappa shape index (κ3) is 3.63. The zero-order valence-electron chi connectivity index (χ0n) is 9.81. The van der Waals surface area contributed by atoms with Crippen molar-refractivity contribution in [3.05, 3.63) is 44.4 Å². The Labute approximate surface area is 128 Å². The normalized spacial score (nSPS) is 10.7. The monoisotopic (exact) mass is 333 g/mol. The molecular weight excluding hydrogens is 325 g/mol. The number of thioether (sulfide) groups is 1. The number of aromatic carboxylic acids is 1. The van der Waals surface area contributed by atoms with E-state index in [9.17, 15) is 4.79 Å². The molecule has 0 saturated heterocycles. The van der Waals surface area contributed by atoms with Crippen LogP contribution in [0.1, 0.15) is 20.9 Å². The van der Waals surface area contributed by atoms with Crippen LogP contribution in [0.4, 0.5) is 0 Å². The van der Waals surface area contributed by atoms with Gasteiger partial charge in [-0.1, -0.05) is 35.0 Å². The van der Waals surface area contributed by atoms with Gasteiger partial charge in [0.15, 0.2) is 4.34 Å². The standard InChI is InChI=1S/C12H9Cl2NO2S2/c1-6-10(11(16)17)19-12(15-6)18-5-7-4-8(13)2-3-9(7)14/h2-4H,5H2,1H3,(H,16,17). The average molecular weight is 334 g/mol. The van der Waals surface area contributed by atoms with Crippen LogP contribution in [0.2, 0.25) is 10.0 Å². The zero-order valence-corrected chi connectivity index (χ0v) is 13.0. The van der Waals surface area contributed by atoms with Gasteiger partial charge < -0.3 is 5.11 Å². The van der Waals surface area contributed by atoms with E-state index in [1.165, 1.54) is 23.1 Å². The van der Waals surface area contributed by atoms with Crippen molar-refractivity contribution in [2.75, 3.05) is 0 Å². The number of thiazole rings is 1. The minimum atomic E-state index is -0.942. The Morgan fingerprint density at radius 1 is 1.47 bits per heavy atom. The van der Waals surface area contributed by atoms with Crippen LogP contribution < -0.4 is 0 Å². The fourth-order valence-electron chi connectivity index (χ4n) is 1.43. The average Bonchev–Trinajstić information content (AvgIpc) is 2.72. The van der Waals surface area contributed by atoms with Crippen LogP contribution in [-0.4, -0.2) is 16.1 Å². The Morgan fingerprint density at radius 3 is 2.84 bits per heavy atom. The molecule has 1 heterocycles. The fraction of sp³-hybridized carbons (Fsp3) is 0.167. The molecule has 0 aliphatic heterocycles. The Kier molecular flexibility index (Phi) is 4.73. The van der Waals surface area contributed by atoms with E-state index in [-0.39, 0.29) is 4.88 Å². The van der Waals surface area contributed by atoms with Gasteiger partial charge in [0.05, 0.1) is 5.69 Å². The molecule has 0 spiro atoms. The second-order valence-electron chi connectivity index (χ2n) is 3.72. The molecule has 0 radical (unpaired) electrons. The van der Waals surface area contributed by atoms with Gasteiger partial charge in [-0.3, -0.25) is 0 Å². The quantitative estimate of drug-likeness (QED) is 0.820. The molecule has 1 aromatic carbocycles. The predicted molar refractivity (Wildman–Crippen MR) is 79.8 cm³/mol. The van der Waals surface area contributed by atoms with Crippen LogP contribution in [0.15, 0.2) is 22.5 Å². The maximum Gasteiger partial charge on any atom is 0.347 e. The number of benzene rings is 1. The second kappa shape index (κ2) is 6.13. The van der Waals surface area contributed by atoms with E-state index in [0.29, 0.717) is 25.8 Å². The topological polar surface area (TPSA) is 50.2 Å². The summed E-state index contributed by atoms with van der Waals surface area (Å²) in [4.78, 5) is 15.4. The van der Waals surface area contributed by atoms with Crippen LogP contribution >= 0.6 is 46.3 Å². The summed E-state index contributed by atoms with van der Waals surface area (Å²) in [6, 6.07) is 5.28. The van der Waals surface area contributed by atoms with Gasteiger partial charge >= 0.3 is 5.97 Å². The van der Waals surface area contributed by atoms with Crippen LogP contribution in [0.5, 0.6) is 0 Å². The minimum Gasteiger partial charge on any atom is -0.477 e. The number of carboxylic acids is 1. The molecule has 0 aliphatic carbocycles. The molecule has 0 amide bonds. The lowest BCUT2D eigenvalue weighted by Crippen LogP contribution is -1.94. The van der Waals surface area contributed by atoms with Crippen molar-refractivity contribution in [2.45, 2.75) is 17.0 Å². The lowest BCUT2D eigenvalue weighted by molar-refractivity contribution is 0.0701. The summed E-state index contributed by atoms with van der Waals surface area (Å²) in [6.07, 6.45) is 0. The highest BCUT2D eigenvalue weighted by Gasteiger charge is 2.14. The zero-order chi connectivity index (χ0) is 14.0. The van der Waals surface area contributed by atoms with Crippen molar-refractivity contribution in [1.82, 2.24) is 4.98 Å². The van der Waals surface area contributed by atoms with Gasteiger partial charge in [-0.05, 0) is 30.7 Å². The summed E-state index contributed by atoms with van der Waals surface area (Å²) in [5.74, 6) is -0.339. The Morgan fingerprint density at radius 2 is 2.21 bits per heavy atom. The summed E-state index contributed by atoms with van der Waals surface area (Å²) in [5, 5.41) is 10.2. The first-order chi connectivity index (χ1) is 8.97. The molecule has 1 N–H and O–H groups in total. The molecule has 0 atom stereocenters. The van der Waals surface area contributed by atoms with E-state index in [1.54, 1.807) is 25.1 Å². The van der Waals surface area contributed by atoms with Gasteiger partial charge in [0.25, 0.3) is 0 Å². The highest BCUT2D eigenvalue weighted by atomic mass is 35.5. The largest absolute Gasteiger partial charge is 0.477 e. The van der Waals surface area contributed by atoms with E-state index < -0.39 is 5.97 Å². The number of nitrogens with zero attached hydrogens (tertiary/aromatic N) is 1. The van der Waals surface area contributed by atoms with Gasteiger partial charge in [0.1, 0.15) is 4.88 Å². The molecule has 0 bridgehead atoms. The molecule has 0 unspecified atom stereocenters. The number of hydrogen-bond donors (Lipinski definition) is 1. The third-order valence-electron chi connectivity index (χ3n) is 2.33. The van der Waals surface area contributed by atoms with Crippen LogP contribution in [0, 0.1) is 6.92 Å². The highest BCUT2D eigenvalue weighted by molar-refractivity contribution is 8.00. The minimum absolute atomic E-state index is 0.277. The fourth-order valence-corrected chi connectivity index (χ4v) is 3.90. The highest BCUT2D eigenvalue weighted by Crippen LogP contribution is 2.32. The molecule has 19 heavy (non-hydrogen) atoms. The third-order valence-corrected chi connectivity index (χ3v) is 5.27. The molecular formula is C12H9Cl2NO2S2. The van der Waals surface area contributed by atoms with Crippen molar-refractivity contribution >= 4 is 52.3 Å². The first kappa shape index (κ1) is 14.7. The van der Waals surface area contributed by atoms with Gasteiger partial charge in [-0.25, -0.2) is 9.78 Å². The Hall–Kier alpha value is -0.750. The van der Waals surface area contributed by atoms with Crippen molar-refractivity contribution in [2.24, 2.45) is 0 Å². The molecule has 3 nitrogen and oxygen atoms in total. The van der Waals surface area contributed by atoms with Crippen molar-refractivity contribution in [1.29, 1.82) is 0 Å². The van der Waals surface area contributed by atoms with Crippen molar-refractivity contribution < 1.29 is 9.90 Å². The molecule has 2 rings (SSSR count). The first-order valence-electron chi connectivity index (χ1n) is 5.25. The summed E-state index contributed by atoms with van der Waals surface area (Å²) in [6.45, 7) is 1.69. The SMILES string of the molecule is Cc1nc(SCc2cc(Cl)ccc2Cl)sc1C(=O)O. The number of carbonyl (C=O) groups is 1. The second-order valence-corrected chi connectivity index (χ2v) is 6.79. The van der Waals surface area contributed by atoms with Crippen LogP contribution in [-0.2, 0) is 5.75 Å². The van der Waals surface area contributed by atoms with Crippen LogP contribution in [0.25, 0.3) is 0 Å². The predicted octanol–water partition coefficient (Wildman–Crippen LogP) is 4.75. The summed E-state index contributed by atoms with van der Waals surface area (Å²) < 4.78 is 0.714. The van der Waals surface area contributed by atoms with E-state index in [0.717, 1.165) is 5.56 Å². The number of aromatic nitrogens is 1. The number of aryl methyl sites for hydroxylation is 1. The molecule has 0 saturated carbocycles. The van der Waals surface area contributed by atoms with E-state index in [2.05, 4.69) is 4.98 Å². The van der Waals surface area contributed by atoms with Crippen molar-refractivity contribution in [3.8, 4) is 0 Å². The molecule has 2 aromatic rings. The van der Waals surface area contributed by atoms with Crippen LogP contribution in [0.3, 0.4) is 0 Å². The molecule has 7 heteroatoms. The Bertz CT molecular complexity index is 628. The number of carboxylic acid groups (broad SMARTS) is 1. The Balaban J connectivity index is 2.12. The van der Waals surface area contributed by atoms with Gasteiger partial charge in [-0.15, -0.1) is 11.3 Å². The van der Waals surface area contributed by atoms with E-state index >= 15 is 0 Å². The lowest BCUT2D eigenvalue weighted by Gasteiger charge is -2.02. The van der Waals surface area contributed by atoms with E-state index in [4.69, 9.17) is 28.3 Å². The van der Waals surface area contributed by atoms with Gasteiger partial charge in [0.2, 0.25) is 0 Å². The lowest BCUT2D eigenvalue weighted by atomic mass is 10.2. The maximum atomic E-state index is 10.9. The van der Waals surface area contributed by atoms with E-state index in [1.807, 2.05) is 0 Å². The first-order valence-corrected chi connectivity index (χ1v) is 7.80. The smallest absolute Gasteiger partial charge is 0.347 e. The van der Waals surface area contributed by atoms with Gasteiger partial charge in [0, 0.05) is 15.8 Å². The summed E-state index contributed by atoms with van der Waals surface area (Å²) in [5.41, 5.74) is 1.45. The number of halogens is 2. The maximum absolute atomic E-state index is 10.9. The molecule has 0 aliphatic rings. The van der Waals surface area contributed by atoms with Crippen molar-refractivity contribution in [3.63, 3.8) is 0 Å². The molecule has 0 fully saturated rings. The molecule has 100 valence electrons. The number of hydrogen-bond acceptors (Lipinski definition) is 4. The number of rotatable bonds is 4. The summed E-state index contributed by atoms with van der Waals surface area (Å²) in [7, 11) is 0. The van der Waals surface area contributed by atoms with Gasteiger partial charge in [-0.2, -0.15) is 0 Å². The summed E-state index contributed by atoms with van der Waals surface area (Å²) >= 11 is 14.6.